The van der Waals surface area contributed by atoms with Crippen molar-refractivity contribution in [2.45, 2.75) is 6.18 Å². The van der Waals surface area contributed by atoms with Crippen LogP contribution in [-0.2, 0) is 6.18 Å². The predicted molar refractivity (Wildman–Crippen MR) is 87.1 cm³/mol. The zero-order valence-corrected chi connectivity index (χ0v) is 13.5. The summed E-state index contributed by atoms with van der Waals surface area (Å²) in [5.41, 5.74) is -1.09. The molecule has 1 heterocycles. The molecule has 0 bridgehead atoms. The lowest BCUT2D eigenvalue weighted by atomic mass is 10.2. The number of ether oxygens (including phenoxy) is 2. The van der Waals surface area contributed by atoms with Crippen LogP contribution in [0.25, 0.3) is 0 Å². The van der Waals surface area contributed by atoms with E-state index >= 15 is 0 Å². The first-order chi connectivity index (χ1) is 12.8. The van der Waals surface area contributed by atoms with Crippen LogP contribution in [0.1, 0.15) is 15.9 Å². The minimum absolute atomic E-state index is 0.0286. The Labute approximate surface area is 151 Å². The number of alkyl halides is 3. The number of esters is 1. The first-order valence-corrected chi connectivity index (χ1v) is 7.61. The molecule has 4 nitrogen and oxygen atoms in total. The Morgan fingerprint density at radius 1 is 0.889 bits per heavy atom. The van der Waals surface area contributed by atoms with Crippen molar-refractivity contribution >= 4 is 5.97 Å². The molecule has 0 aliphatic heterocycles. The Bertz CT molecular complexity index is 938. The average Bonchev–Trinajstić information content (AvgIpc) is 2.63. The summed E-state index contributed by atoms with van der Waals surface area (Å²) in [7, 11) is 0. The van der Waals surface area contributed by atoms with Crippen LogP contribution in [0.2, 0.25) is 0 Å². The third-order valence-corrected chi connectivity index (χ3v) is 3.41. The minimum atomic E-state index is -4.48. The molecule has 3 aromatic rings. The summed E-state index contributed by atoms with van der Waals surface area (Å²) in [6, 6.07) is 13.0. The first kappa shape index (κ1) is 18.4. The maximum absolute atomic E-state index is 13.6. The van der Waals surface area contributed by atoms with E-state index in [1.807, 2.05) is 0 Å². The smallest absolute Gasteiger partial charge is 0.417 e. The number of carbonyl (C=O) groups excluding carboxylic acids is 1. The molecule has 1 aromatic heterocycles. The lowest BCUT2D eigenvalue weighted by Gasteiger charge is -2.09. The van der Waals surface area contributed by atoms with Gasteiger partial charge in [0.05, 0.1) is 11.1 Å². The molecule has 0 saturated carbocycles. The highest BCUT2D eigenvalue weighted by Crippen LogP contribution is 2.30. The van der Waals surface area contributed by atoms with Crippen molar-refractivity contribution in [3.63, 3.8) is 0 Å². The molecule has 3 rings (SSSR count). The number of benzene rings is 2. The summed E-state index contributed by atoms with van der Waals surface area (Å²) in [5, 5.41) is 0. The van der Waals surface area contributed by atoms with Crippen LogP contribution in [0.15, 0.2) is 66.9 Å². The number of pyridine rings is 1. The average molecular weight is 377 g/mol. The minimum Gasteiger partial charge on any atom is -0.439 e. The molecule has 0 radical (unpaired) electrons. The highest BCUT2D eigenvalue weighted by Gasteiger charge is 2.30. The maximum atomic E-state index is 13.6. The molecule has 0 unspecified atom stereocenters. The largest absolute Gasteiger partial charge is 0.439 e. The van der Waals surface area contributed by atoms with E-state index in [4.69, 9.17) is 9.47 Å². The fourth-order valence-corrected chi connectivity index (χ4v) is 2.09. The molecule has 0 atom stereocenters. The monoisotopic (exact) mass is 377 g/mol. The van der Waals surface area contributed by atoms with Crippen molar-refractivity contribution in [1.82, 2.24) is 4.98 Å². The van der Waals surface area contributed by atoms with Gasteiger partial charge in [-0.15, -0.1) is 0 Å². The summed E-state index contributed by atoms with van der Waals surface area (Å²) in [4.78, 5) is 15.5. The van der Waals surface area contributed by atoms with E-state index in [1.165, 1.54) is 42.5 Å². The quantitative estimate of drug-likeness (QED) is 0.354. The third kappa shape index (κ3) is 4.60. The van der Waals surface area contributed by atoms with Gasteiger partial charge in [-0.3, -0.25) is 0 Å². The van der Waals surface area contributed by atoms with Gasteiger partial charge in [-0.1, -0.05) is 12.1 Å². The molecule has 0 amide bonds. The van der Waals surface area contributed by atoms with Gasteiger partial charge >= 0.3 is 12.1 Å². The highest BCUT2D eigenvalue weighted by molar-refractivity contribution is 5.91. The molecular formula is C19H11F4NO3. The summed E-state index contributed by atoms with van der Waals surface area (Å²) in [6.07, 6.45) is -3.81. The Morgan fingerprint density at radius 2 is 1.56 bits per heavy atom. The molecule has 27 heavy (non-hydrogen) atoms. The highest BCUT2D eigenvalue weighted by atomic mass is 19.4. The number of carbonyl (C=O) groups is 1. The Morgan fingerprint density at radius 3 is 2.15 bits per heavy atom. The zero-order chi connectivity index (χ0) is 19.4. The van der Waals surface area contributed by atoms with Gasteiger partial charge in [-0.25, -0.2) is 14.2 Å². The molecule has 138 valence electrons. The number of rotatable bonds is 4. The van der Waals surface area contributed by atoms with Crippen molar-refractivity contribution in [2.75, 3.05) is 0 Å². The predicted octanol–water partition coefficient (Wildman–Crippen LogP) is 5.25. The van der Waals surface area contributed by atoms with E-state index in [2.05, 4.69) is 4.98 Å². The summed E-state index contributed by atoms with van der Waals surface area (Å²) in [5.74, 6) is -1.16. The van der Waals surface area contributed by atoms with Crippen molar-refractivity contribution in [3.05, 3.63) is 83.8 Å². The molecule has 8 heteroatoms. The second-order valence-corrected chi connectivity index (χ2v) is 5.33. The molecule has 0 spiro atoms. The maximum Gasteiger partial charge on any atom is 0.417 e. The first-order valence-electron chi connectivity index (χ1n) is 7.61. The van der Waals surface area contributed by atoms with E-state index in [0.717, 1.165) is 18.2 Å². The fraction of sp³-hybridized carbons (Fsp3) is 0.0526. The van der Waals surface area contributed by atoms with Gasteiger partial charge in [0.1, 0.15) is 17.3 Å². The molecule has 0 saturated heterocycles. The lowest BCUT2D eigenvalue weighted by Crippen LogP contribution is -2.10. The normalized spacial score (nSPS) is 11.1. The molecule has 2 aromatic carbocycles. The molecule has 0 aliphatic rings. The Balaban J connectivity index is 1.65. The van der Waals surface area contributed by atoms with Gasteiger partial charge in [-0.2, -0.15) is 13.2 Å². The SMILES string of the molecule is O=C(Oc1ccc(Oc2ccc(C(F)(F)F)cn2)cc1)c1ccccc1F. The summed E-state index contributed by atoms with van der Waals surface area (Å²) in [6.45, 7) is 0. The van der Waals surface area contributed by atoms with E-state index in [9.17, 15) is 22.4 Å². The van der Waals surface area contributed by atoms with Crippen molar-refractivity contribution in [3.8, 4) is 17.4 Å². The standard InChI is InChI=1S/C19H11F4NO3/c20-16-4-2-1-3-15(16)18(25)27-14-8-6-13(7-9-14)26-17-10-5-12(11-24-17)19(21,22)23/h1-11H. The lowest BCUT2D eigenvalue weighted by molar-refractivity contribution is -0.137. The van der Waals surface area contributed by atoms with Gasteiger partial charge in [0.2, 0.25) is 5.88 Å². The van der Waals surface area contributed by atoms with Gasteiger partial charge in [-0.05, 0) is 42.5 Å². The van der Waals surface area contributed by atoms with Gasteiger partial charge < -0.3 is 9.47 Å². The van der Waals surface area contributed by atoms with Crippen LogP contribution in [0.5, 0.6) is 17.4 Å². The Kier molecular flexibility index (Phi) is 5.07. The van der Waals surface area contributed by atoms with E-state index < -0.39 is 23.5 Å². The second kappa shape index (κ2) is 7.45. The zero-order valence-electron chi connectivity index (χ0n) is 13.5. The van der Waals surface area contributed by atoms with Gasteiger partial charge in [0, 0.05) is 12.3 Å². The van der Waals surface area contributed by atoms with Crippen molar-refractivity contribution in [1.29, 1.82) is 0 Å². The number of hydrogen-bond donors (Lipinski definition) is 0. The van der Waals surface area contributed by atoms with Crippen LogP contribution in [0, 0.1) is 5.82 Å². The van der Waals surface area contributed by atoms with E-state index in [-0.39, 0.29) is 22.9 Å². The fourth-order valence-electron chi connectivity index (χ4n) is 2.09. The van der Waals surface area contributed by atoms with Crippen LogP contribution in [0.3, 0.4) is 0 Å². The van der Waals surface area contributed by atoms with Crippen LogP contribution >= 0.6 is 0 Å². The molecule has 0 aliphatic carbocycles. The van der Waals surface area contributed by atoms with Crippen molar-refractivity contribution in [2.24, 2.45) is 0 Å². The molecule has 0 N–H and O–H groups in total. The van der Waals surface area contributed by atoms with Crippen LogP contribution < -0.4 is 9.47 Å². The van der Waals surface area contributed by atoms with Crippen LogP contribution in [0.4, 0.5) is 17.6 Å². The van der Waals surface area contributed by atoms with Gasteiger partial charge in [0.25, 0.3) is 0 Å². The number of hydrogen-bond acceptors (Lipinski definition) is 4. The van der Waals surface area contributed by atoms with E-state index in [0.29, 0.717) is 6.20 Å². The second-order valence-electron chi connectivity index (χ2n) is 5.33. The number of aromatic nitrogens is 1. The molecule has 0 fully saturated rings. The van der Waals surface area contributed by atoms with Crippen molar-refractivity contribution < 1.29 is 31.8 Å². The Hall–Kier alpha value is -3.42. The van der Waals surface area contributed by atoms with Gasteiger partial charge in [0.15, 0.2) is 0 Å². The number of nitrogens with zero attached hydrogens (tertiary/aromatic N) is 1. The summed E-state index contributed by atoms with van der Waals surface area (Å²) >= 11 is 0. The number of halogens is 4. The third-order valence-electron chi connectivity index (χ3n) is 3.41. The topological polar surface area (TPSA) is 48.4 Å². The van der Waals surface area contributed by atoms with Crippen LogP contribution in [-0.4, -0.2) is 11.0 Å². The molecular weight excluding hydrogens is 366 g/mol. The van der Waals surface area contributed by atoms with E-state index in [1.54, 1.807) is 0 Å². The summed E-state index contributed by atoms with van der Waals surface area (Å²) < 4.78 is 61.4.